The molecular formula is C11H16F3N3O2S. The van der Waals surface area contributed by atoms with Gasteiger partial charge in [0.15, 0.2) is 0 Å². The lowest BCUT2D eigenvalue weighted by Gasteiger charge is -2.14. The van der Waals surface area contributed by atoms with Crippen LogP contribution in [0.15, 0.2) is 24.3 Å². The summed E-state index contributed by atoms with van der Waals surface area (Å²) in [5, 5.41) is 2.97. The van der Waals surface area contributed by atoms with E-state index in [0.717, 1.165) is 5.56 Å². The molecule has 1 aromatic rings. The average molecular weight is 311 g/mol. The van der Waals surface area contributed by atoms with E-state index in [1.165, 1.54) is 10.8 Å². The summed E-state index contributed by atoms with van der Waals surface area (Å²) in [6, 6.07) is 6.39. The van der Waals surface area contributed by atoms with Crippen molar-refractivity contribution in [1.29, 1.82) is 0 Å². The van der Waals surface area contributed by atoms with Crippen molar-refractivity contribution in [2.24, 2.45) is 0 Å². The first-order chi connectivity index (χ1) is 9.13. The molecule has 0 aliphatic rings. The van der Waals surface area contributed by atoms with Crippen LogP contribution < -0.4 is 14.8 Å². The molecule has 0 radical (unpaired) electrons. The fourth-order valence-corrected chi connectivity index (χ4v) is 2.27. The number of hydrogen-bond acceptors (Lipinski definition) is 3. The van der Waals surface area contributed by atoms with Gasteiger partial charge in [0.25, 0.3) is 10.2 Å². The second kappa shape index (κ2) is 6.42. The zero-order chi connectivity index (χ0) is 15.4. The van der Waals surface area contributed by atoms with E-state index in [-0.39, 0.29) is 11.7 Å². The summed E-state index contributed by atoms with van der Waals surface area (Å²) in [6.45, 7) is 0.254. The predicted molar refractivity (Wildman–Crippen MR) is 70.5 cm³/mol. The zero-order valence-electron chi connectivity index (χ0n) is 11.0. The molecule has 0 saturated carbocycles. The molecule has 1 unspecified atom stereocenters. The third-order valence-electron chi connectivity index (χ3n) is 2.53. The molecule has 5 nitrogen and oxygen atoms in total. The Labute approximate surface area is 115 Å². The van der Waals surface area contributed by atoms with Gasteiger partial charge in [-0.3, -0.25) is 4.72 Å². The van der Waals surface area contributed by atoms with Crippen LogP contribution in [0.1, 0.15) is 18.5 Å². The number of nitrogens with one attached hydrogen (secondary N) is 3. The van der Waals surface area contributed by atoms with E-state index in [4.69, 9.17) is 0 Å². The summed E-state index contributed by atoms with van der Waals surface area (Å²) in [4.78, 5) is 0. The molecule has 0 aliphatic carbocycles. The Balaban J connectivity index is 2.77. The van der Waals surface area contributed by atoms with E-state index in [1.807, 2.05) is 11.6 Å². The van der Waals surface area contributed by atoms with Crippen molar-refractivity contribution in [3.63, 3.8) is 0 Å². The average Bonchev–Trinajstić information content (AvgIpc) is 2.35. The number of anilines is 1. The summed E-state index contributed by atoms with van der Waals surface area (Å²) in [5.74, 6) is 0. The minimum Gasteiger partial charge on any atom is -0.313 e. The van der Waals surface area contributed by atoms with Crippen molar-refractivity contribution in [2.45, 2.75) is 19.1 Å². The quantitative estimate of drug-likeness (QED) is 0.750. The maximum Gasteiger partial charge on any atom is 0.402 e. The van der Waals surface area contributed by atoms with Crippen LogP contribution in [0.25, 0.3) is 0 Å². The van der Waals surface area contributed by atoms with E-state index in [2.05, 4.69) is 5.32 Å². The molecule has 0 heterocycles. The third-order valence-corrected chi connectivity index (χ3v) is 3.56. The van der Waals surface area contributed by atoms with Crippen molar-refractivity contribution in [3.8, 4) is 0 Å². The fourth-order valence-electron chi connectivity index (χ4n) is 1.41. The van der Waals surface area contributed by atoms with Crippen molar-refractivity contribution in [3.05, 3.63) is 29.8 Å². The molecule has 9 heteroatoms. The molecule has 3 N–H and O–H groups in total. The maximum atomic E-state index is 12.0. The predicted octanol–water partition coefficient (Wildman–Crippen LogP) is 1.78. The SMILES string of the molecule is CNC(C)c1cccc(NS(=O)(=O)NCC(F)(F)F)c1. The van der Waals surface area contributed by atoms with E-state index in [0.29, 0.717) is 0 Å². The van der Waals surface area contributed by atoms with Gasteiger partial charge < -0.3 is 5.32 Å². The van der Waals surface area contributed by atoms with Gasteiger partial charge in [-0.1, -0.05) is 12.1 Å². The highest BCUT2D eigenvalue weighted by atomic mass is 32.2. The van der Waals surface area contributed by atoms with Crippen LogP contribution in [0.4, 0.5) is 18.9 Å². The molecule has 0 bridgehead atoms. The summed E-state index contributed by atoms with van der Waals surface area (Å²) < 4.78 is 62.3. The first kappa shape index (κ1) is 16.7. The van der Waals surface area contributed by atoms with Crippen molar-refractivity contribution in [1.82, 2.24) is 10.0 Å². The Morgan fingerprint density at radius 2 is 1.95 bits per heavy atom. The highest BCUT2D eigenvalue weighted by molar-refractivity contribution is 7.90. The van der Waals surface area contributed by atoms with Crippen LogP contribution >= 0.6 is 0 Å². The second-order valence-electron chi connectivity index (χ2n) is 4.18. The maximum absolute atomic E-state index is 12.0. The van der Waals surface area contributed by atoms with Gasteiger partial charge >= 0.3 is 6.18 Å². The molecule has 0 amide bonds. The third kappa shape index (κ3) is 5.76. The summed E-state index contributed by atoms with van der Waals surface area (Å²) in [6.07, 6.45) is -4.60. The number of alkyl halides is 3. The monoisotopic (exact) mass is 311 g/mol. The van der Waals surface area contributed by atoms with Crippen LogP contribution in [0, 0.1) is 0 Å². The lowest BCUT2D eigenvalue weighted by molar-refractivity contribution is -0.121. The highest BCUT2D eigenvalue weighted by Gasteiger charge is 2.29. The van der Waals surface area contributed by atoms with E-state index in [1.54, 1.807) is 25.2 Å². The van der Waals surface area contributed by atoms with Crippen LogP contribution in [-0.4, -0.2) is 28.2 Å². The van der Waals surface area contributed by atoms with E-state index < -0.39 is 22.9 Å². The zero-order valence-corrected chi connectivity index (χ0v) is 11.8. The van der Waals surface area contributed by atoms with Crippen LogP contribution in [-0.2, 0) is 10.2 Å². The van der Waals surface area contributed by atoms with Crippen molar-refractivity contribution < 1.29 is 21.6 Å². The van der Waals surface area contributed by atoms with Crippen molar-refractivity contribution >= 4 is 15.9 Å². The fraction of sp³-hybridized carbons (Fsp3) is 0.455. The van der Waals surface area contributed by atoms with Crippen LogP contribution in [0.5, 0.6) is 0 Å². The molecule has 0 fully saturated rings. The van der Waals surface area contributed by atoms with Gasteiger partial charge in [-0.05, 0) is 31.7 Å². The van der Waals surface area contributed by atoms with Crippen molar-refractivity contribution in [2.75, 3.05) is 18.3 Å². The second-order valence-corrected chi connectivity index (χ2v) is 5.68. The molecule has 0 saturated heterocycles. The Morgan fingerprint density at radius 3 is 2.50 bits per heavy atom. The first-order valence-corrected chi connectivity index (χ1v) is 7.22. The van der Waals surface area contributed by atoms with Gasteiger partial charge in [-0.2, -0.15) is 26.3 Å². The number of hydrogen-bond donors (Lipinski definition) is 3. The van der Waals surface area contributed by atoms with Gasteiger partial charge in [0.2, 0.25) is 0 Å². The number of halogens is 3. The lowest BCUT2D eigenvalue weighted by atomic mass is 10.1. The molecule has 20 heavy (non-hydrogen) atoms. The summed E-state index contributed by atoms with van der Waals surface area (Å²) in [7, 11) is -2.51. The molecule has 1 rings (SSSR count). The Hall–Kier alpha value is -1.32. The number of rotatable bonds is 6. The van der Waals surface area contributed by atoms with E-state index >= 15 is 0 Å². The smallest absolute Gasteiger partial charge is 0.313 e. The molecule has 1 aromatic carbocycles. The summed E-state index contributed by atoms with van der Waals surface area (Å²) in [5.41, 5.74) is 1.00. The largest absolute Gasteiger partial charge is 0.402 e. The highest BCUT2D eigenvalue weighted by Crippen LogP contribution is 2.18. The molecular weight excluding hydrogens is 295 g/mol. The topological polar surface area (TPSA) is 70.2 Å². The molecule has 0 aliphatic heterocycles. The van der Waals surface area contributed by atoms with Gasteiger partial charge in [-0.25, -0.2) is 0 Å². The molecule has 1 atom stereocenters. The summed E-state index contributed by atoms with van der Waals surface area (Å²) >= 11 is 0. The molecule has 0 spiro atoms. The molecule has 114 valence electrons. The lowest BCUT2D eigenvalue weighted by Crippen LogP contribution is -2.37. The van der Waals surface area contributed by atoms with Crippen LogP contribution in [0.3, 0.4) is 0 Å². The Kier molecular flexibility index (Phi) is 5.37. The van der Waals surface area contributed by atoms with Crippen LogP contribution in [0.2, 0.25) is 0 Å². The van der Waals surface area contributed by atoms with Gasteiger partial charge in [-0.15, -0.1) is 0 Å². The van der Waals surface area contributed by atoms with Gasteiger partial charge in [0.05, 0.1) is 5.69 Å². The Bertz CT molecular complexity index is 546. The Morgan fingerprint density at radius 1 is 1.30 bits per heavy atom. The van der Waals surface area contributed by atoms with E-state index in [9.17, 15) is 21.6 Å². The van der Waals surface area contributed by atoms with Gasteiger partial charge in [0, 0.05) is 6.04 Å². The molecule has 0 aromatic heterocycles. The van der Waals surface area contributed by atoms with Gasteiger partial charge in [0.1, 0.15) is 6.54 Å². The minimum absolute atomic E-state index is 0.0115. The normalized spacial score (nSPS) is 14.1. The minimum atomic E-state index is -4.60. The first-order valence-electron chi connectivity index (χ1n) is 5.74. The standard InChI is InChI=1S/C11H16F3N3O2S/c1-8(15-2)9-4-3-5-10(6-9)17-20(18,19)16-7-11(12,13)14/h3-6,8,15-17H,7H2,1-2H3. The number of benzene rings is 1.